The van der Waals surface area contributed by atoms with Crippen LogP contribution in [0.5, 0.6) is 0 Å². The lowest BCUT2D eigenvalue weighted by atomic mass is 9.95. The molecule has 2 aliphatic rings. The minimum Gasteiger partial charge on any atom is -0.360 e. The number of aromatic amines is 1. The van der Waals surface area contributed by atoms with Crippen molar-refractivity contribution in [3.63, 3.8) is 0 Å². The predicted octanol–water partition coefficient (Wildman–Crippen LogP) is 3.65. The molecule has 2 saturated heterocycles. The van der Waals surface area contributed by atoms with Crippen molar-refractivity contribution in [1.29, 1.82) is 0 Å². The van der Waals surface area contributed by atoms with Crippen LogP contribution in [0.2, 0.25) is 5.02 Å². The van der Waals surface area contributed by atoms with E-state index in [1.165, 1.54) is 0 Å². The molecule has 1 aromatic carbocycles. The Labute approximate surface area is 227 Å². The SMILES string of the molecule is CN(C)C/C=C/C(=O)N1CCC(C(=O)N2CC[C@@H](Nc3ncc(Cl)c(-c4c[nH]c5ccccc45)n3)C2)CC1. The van der Waals surface area contributed by atoms with Gasteiger partial charge in [0.25, 0.3) is 0 Å². The molecule has 2 amide bonds. The number of nitrogens with one attached hydrogen (secondary N) is 2. The van der Waals surface area contributed by atoms with E-state index in [4.69, 9.17) is 16.6 Å². The molecule has 0 radical (unpaired) electrons. The average molecular weight is 536 g/mol. The number of carbonyl (C=O) groups excluding carboxylic acids is 2. The van der Waals surface area contributed by atoms with Crippen LogP contribution in [0, 0.1) is 5.92 Å². The molecule has 38 heavy (non-hydrogen) atoms. The van der Waals surface area contributed by atoms with Crippen molar-refractivity contribution in [2.24, 2.45) is 5.92 Å². The van der Waals surface area contributed by atoms with Gasteiger partial charge in [-0.25, -0.2) is 9.97 Å². The number of piperidine rings is 1. The van der Waals surface area contributed by atoms with Gasteiger partial charge < -0.3 is 25.0 Å². The standard InChI is InChI=1S/C28H34ClN7O2/c1-34(2)12-5-8-25(37)35-13-9-19(10-14-35)27(38)36-15-11-20(18-36)32-28-31-17-23(29)26(33-28)22-16-30-24-7-4-3-6-21(22)24/h3-8,16-17,19-20,30H,9-15,18H2,1-2H3,(H,31,32,33)/b8-5+/t20-/m1/s1. The number of H-pyrrole nitrogens is 1. The van der Waals surface area contributed by atoms with Crippen LogP contribution in [0.3, 0.4) is 0 Å². The minimum atomic E-state index is -0.0381. The molecule has 0 saturated carbocycles. The summed E-state index contributed by atoms with van der Waals surface area (Å²) < 4.78 is 0. The van der Waals surface area contributed by atoms with E-state index in [2.05, 4.69) is 15.3 Å². The fourth-order valence-corrected chi connectivity index (χ4v) is 5.42. The monoisotopic (exact) mass is 535 g/mol. The van der Waals surface area contributed by atoms with E-state index in [9.17, 15) is 9.59 Å². The molecular weight excluding hydrogens is 502 g/mol. The highest BCUT2D eigenvalue weighted by Crippen LogP contribution is 2.32. The third kappa shape index (κ3) is 5.84. The highest BCUT2D eigenvalue weighted by atomic mass is 35.5. The Morgan fingerprint density at radius 2 is 1.92 bits per heavy atom. The van der Waals surface area contributed by atoms with Gasteiger partial charge in [0.1, 0.15) is 0 Å². The molecule has 2 N–H and O–H groups in total. The number of fused-ring (bicyclic) bond motifs is 1. The second-order valence-corrected chi connectivity index (χ2v) is 10.7. The van der Waals surface area contributed by atoms with Crippen LogP contribution in [0.1, 0.15) is 19.3 Å². The number of halogens is 1. The van der Waals surface area contributed by atoms with Crippen LogP contribution in [-0.4, -0.2) is 94.3 Å². The Morgan fingerprint density at radius 3 is 2.71 bits per heavy atom. The molecule has 0 aliphatic carbocycles. The molecule has 0 bridgehead atoms. The van der Waals surface area contributed by atoms with Crippen LogP contribution in [0.4, 0.5) is 5.95 Å². The molecule has 0 spiro atoms. The third-order valence-electron chi connectivity index (χ3n) is 7.31. The lowest BCUT2D eigenvalue weighted by Crippen LogP contribution is -2.44. The molecule has 4 heterocycles. The fraction of sp³-hybridized carbons (Fsp3) is 0.429. The number of likely N-dealkylation sites (N-methyl/N-ethyl adjacent to an activating group) is 1. The topological polar surface area (TPSA) is 97.5 Å². The molecule has 9 nitrogen and oxygen atoms in total. The molecule has 1 atom stereocenters. The number of anilines is 1. The van der Waals surface area contributed by atoms with Crippen molar-refractivity contribution in [3.05, 3.63) is 53.8 Å². The molecule has 2 fully saturated rings. The lowest BCUT2D eigenvalue weighted by molar-refractivity contribution is -0.138. The number of benzene rings is 1. The Bertz CT molecular complexity index is 1330. The van der Waals surface area contributed by atoms with Gasteiger partial charge in [0.2, 0.25) is 17.8 Å². The largest absolute Gasteiger partial charge is 0.360 e. The number of rotatable bonds is 7. The van der Waals surface area contributed by atoms with Gasteiger partial charge in [-0.1, -0.05) is 35.9 Å². The second-order valence-electron chi connectivity index (χ2n) is 10.3. The van der Waals surface area contributed by atoms with Gasteiger partial charge in [0.15, 0.2) is 0 Å². The number of nitrogens with zero attached hydrogens (tertiary/aromatic N) is 5. The van der Waals surface area contributed by atoms with Crippen molar-refractivity contribution in [2.45, 2.75) is 25.3 Å². The van der Waals surface area contributed by atoms with E-state index in [1.54, 1.807) is 12.3 Å². The van der Waals surface area contributed by atoms with E-state index in [-0.39, 0.29) is 23.8 Å². The first kappa shape index (κ1) is 26.2. The second kappa shape index (κ2) is 11.5. The van der Waals surface area contributed by atoms with Crippen molar-refractivity contribution in [2.75, 3.05) is 52.1 Å². The normalized spacial score (nSPS) is 18.7. The van der Waals surface area contributed by atoms with Gasteiger partial charge >= 0.3 is 0 Å². The molecule has 2 aromatic heterocycles. The summed E-state index contributed by atoms with van der Waals surface area (Å²) in [4.78, 5) is 43.8. The number of hydrogen-bond acceptors (Lipinski definition) is 6. The number of aromatic nitrogens is 3. The summed E-state index contributed by atoms with van der Waals surface area (Å²) in [7, 11) is 3.94. The summed E-state index contributed by atoms with van der Waals surface area (Å²) in [6.07, 6.45) is 9.29. The van der Waals surface area contributed by atoms with Crippen LogP contribution < -0.4 is 5.32 Å². The number of likely N-dealkylation sites (tertiary alicyclic amines) is 2. The number of carbonyl (C=O) groups is 2. The van der Waals surface area contributed by atoms with Gasteiger partial charge in [0, 0.05) is 73.4 Å². The maximum atomic E-state index is 13.2. The Morgan fingerprint density at radius 1 is 1.16 bits per heavy atom. The molecule has 10 heteroatoms. The van der Waals surface area contributed by atoms with E-state index < -0.39 is 0 Å². The average Bonchev–Trinajstić information content (AvgIpc) is 3.56. The quantitative estimate of drug-likeness (QED) is 0.448. The molecule has 2 aliphatic heterocycles. The Hall–Kier alpha value is -3.43. The zero-order valence-corrected chi connectivity index (χ0v) is 22.6. The maximum Gasteiger partial charge on any atom is 0.246 e. The van der Waals surface area contributed by atoms with Crippen molar-refractivity contribution < 1.29 is 9.59 Å². The maximum absolute atomic E-state index is 13.2. The molecular formula is C28H34ClN7O2. The Kier molecular flexibility index (Phi) is 7.95. The van der Waals surface area contributed by atoms with Crippen molar-refractivity contribution in [3.8, 4) is 11.3 Å². The van der Waals surface area contributed by atoms with Gasteiger partial charge in [-0.3, -0.25) is 9.59 Å². The van der Waals surface area contributed by atoms with Crippen LogP contribution >= 0.6 is 11.6 Å². The zero-order chi connectivity index (χ0) is 26.6. The molecule has 200 valence electrons. The van der Waals surface area contributed by atoms with Crippen molar-refractivity contribution in [1.82, 2.24) is 29.7 Å². The predicted molar refractivity (Wildman–Crippen MR) is 150 cm³/mol. The summed E-state index contributed by atoms with van der Waals surface area (Å²) >= 11 is 6.47. The van der Waals surface area contributed by atoms with E-state index in [1.807, 2.05) is 65.3 Å². The first-order valence-electron chi connectivity index (χ1n) is 13.1. The van der Waals surface area contributed by atoms with Gasteiger partial charge in [-0.05, 0) is 39.4 Å². The first-order valence-corrected chi connectivity index (χ1v) is 13.5. The number of amides is 2. The molecule has 0 unspecified atom stereocenters. The van der Waals surface area contributed by atoms with E-state index in [0.717, 1.165) is 29.4 Å². The van der Waals surface area contributed by atoms with Crippen molar-refractivity contribution >= 4 is 40.3 Å². The van der Waals surface area contributed by atoms with E-state index in [0.29, 0.717) is 55.7 Å². The number of hydrogen-bond donors (Lipinski definition) is 2. The zero-order valence-electron chi connectivity index (χ0n) is 21.9. The number of para-hydroxylation sites is 1. The van der Waals surface area contributed by atoms with Crippen LogP contribution in [0.25, 0.3) is 22.2 Å². The molecule has 5 rings (SSSR count). The van der Waals surface area contributed by atoms with Gasteiger partial charge in [0.05, 0.1) is 16.9 Å². The summed E-state index contributed by atoms with van der Waals surface area (Å²) in [6, 6.07) is 8.10. The van der Waals surface area contributed by atoms with Crippen LogP contribution in [0.15, 0.2) is 48.8 Å². The van der Waals surface area contributed by atoms with Gasteiger partial charge in [-0.2, -0.15) is 0 Å². The Balaban J connectivity index is 1.16. The summed E-state index contributed by atoms with van der Waals surface area (Å²) in [6.45, 7) is 3.28. The van der Waals surface area contributed by atoms with Crippen LogP contribution in [-0.2, 0) is 9.59 Å². The fourth-order valence-electron chi connectivity index (χ4n) is 5.23. The summed E-state index contributed by atoms with van der Waals surface area (Å²) in [5.74, 6) is 0.672. The smallest absolute Gasteiger partial charge is 0.246 e. The highest BCUT2D eigenvalue weighted by molar-refractivity contribution is 6.33. The van der Waals surface area contributed by atoms with E-state index >= 15 is 0 Å². The molecule has 3 aromatic rings. The summed E-state index contributed by atoms with van der Waals surface area (Å²) in [5.41, 5.74) is 2.62. The minimum absolute atomic E-state index is 0.0261. The highest BCUT2D eigenvalue weighted by Gasteiger charge is 2.33. The lowest BCUT2D eigenvalue weighted by Gasteiger charge is -2.32. The summed E-state index contributed by atoms with van der Waals surface area (Å²) in [5, 5.41) is 4.94. The van der Waals surface area contributed by atoms with Gasteiger partial charge in [-0.15, -0.1) is 0 Å². The third-order valence-corrected chi connectivity index (χ3v) is 7.59. The first-order chi connectivity index (χ1) is 18.4.